The lowest BCUT2D eigenvalue weighted by Crippen LogP contribution is -2.55. The molecule has 2 aromatic rings. The van der Waals surface area contributed by atoms with Gasteiger partial charge in [0.1, 0.15) is 17.8 Å². The number of methoxy groups -OCH3 is 1. The predicted octanol–water partition coefficient (Wildman–Crippen LogP) is 3.10. The number of hydrogen-bond acceptors (Lipinski definition) is 9. The van der Waals surface area contributed by atoms with Crippen LogP contribution in [0, 0.1) is 32.6 Å². The van der Waals surface area contributed by atoms with Crippen LogP contribution >= 0.6 is 0 Å². The van der Waals surface area contributed by atoms with Crippen molar-refractivity contribution in [3.8, 4) is 5.75 Å². The van der Waals surface area contributed by atoms with Crippen molar-refractivity contribution in [1.82, 2.24) is 20.9 Å². The highest BCUT2D eigenvalue weighted by Crippen LogP contribution is 2.33. The number of esters is 1. The molecule has 3 heterocycles. The lowest BCUT2D eigenvalue weighted by atomic mass is 9.91. The first-order valence-electron chi connectivity index (χ1n) is 16.3. The van der Waals surface area contributed by atoms with Crippen LogP contribution in [0.15, 0.2) is 24.3 Å². The summed E-state index contributed by atoms with van der Waals surface area (Å²) >= 11 is 0. The molecule has 2 aliphatic rings. The summed E-state index contributed by atoms with van der Waals surface area (Å²) in [6.45, 7) is 9.23. The van der Waals surface area contributed by atoms with E-state index >= 15 is 0 Å². The van der Waals surface area contributed by atoms with Crippen molar-refractivity contribution in [2.75, 3.05) is 25.6 Å². The van der Waals surface area contributed by atoms with Crippen molar-refractivity contribution in [2.45, 2.75) is 91.3 Å². The number of Topliss-reactive ketones (excluding diaryl/α,β-unsaturated/α-hetero) is 1. The van der Waals surface area contributed by atoms with Crippen molar-refractivity contribution in [3.05, 3.63) is 52.3 Å². The van der Waals surface area contributed by atoms with Gasteiger partial charge in [0.15, 0.2) is 12.4 Å². The first-order valence-corrected chi connectivity index (χ1v) is 16.3. The molecule has 4 rings (SSSR count). The molecular weight excluding hydrogens is 602 g/mol. The number of rotatable bonds is 14. The second-order valence-corrected chi connectivity index (χ2v) is 12.9. The number of ketones is 1. The van der Waals surface area contributed by atoms with Crippen molar-refractivity contribution >= 4 is 35.2 Å². The highest BCUT2D eigenvalue weighted by molar-refractivity contribution is 5.97. The van der Waals surface area contributed by atoms with Crippen LogP contribution in [0.3, 0.4) is 0 Å². The minimum atomic E-state index is -1.03. The van der Waals surface area contributed by atoms with Gasteiger partial charge in [0, 0.05) is 35.8 Å². The standard InChI is InChI=1S/C35H47N5O7/c1-19(2)15-27(40-34(44)28-17-24-25(38-28)10-7-11-30(24)46-6)33(43)39-26(13-12-23-9-8-14-36-32(23)42)29(41)18-47-35(45)31-20(3)16-21(4)37-22(31)5/h7,10-11,16,19,23,26-28,38H,8-9,12-15,17-18H2,1-6H3,(H,36,42)(H,39,43)(H,40,44)/t23-,26-,27-,28?/m0/s1. The molecule has 12 heteroatoms. The Morgan fingerprint density at radius 1 is 1.09 bits per heavy atom. The number of aromatic nitrogens is 1. The molecule has 47 heavy (non-hydrogen) atoms. The summed E-state index contributed by atoms with van der Waals surface area (Å²) in [5.74, 6) is -1.69. The predicted molar refractivity (Wildman–Crippen MR) is 176 cm³/mol. The Morgan fingerprint density at radius 2 is 1.85 bits per heavy atom. The summed E-state index contributed by atoms with van der Waals surface area (Å²) in [7, 11) is 1.58. The topological polar surface area (TPSA) is 165 Å². The molecule has 0 spiro atoms. The van der Waals surface area contributed by atoms with Crippen LogP contribution in [0.5, 0.6) is 5.75 Å². The number of fused-ring (bicyclic) bond motifs is 1. The monoisotopic (exact) mass is 649 g/mol. The van der Waals surface area contributed by atoms with Gasteiger partial charge in [0.05, 0.1) is 24.4 Å². The number of anilines is 1. The summed E-state index contributed by atoms with van der Waals surface area (Å²) in [6, 6.07) is 4.75. The number of carbonyl (C=O) groups excluding carboxylic acids is 5. The van der Waals surface area contributed by atoms with Gasteiger partial charge >= 0.3 is 5.97 Å². The number of carbonyl (C=O) groups is 5. The number of amides is 3. The molecule has 0 saturated carbocycles. The number of aryl methyl sites for hydroxylation is 3. The molecule has 12 nitrogen and oxygen atoms in total. The molecule has 3 amide bonds. The van der Waals surface area contributed by atoms with E-state index < -0.39 is 42.4 Å². The summed E-state index contributed by atoms with van der Waals surface area (Å²) in [4.78, 5) is 70.5. The van der Waals surface area contributed by atoms with Crippen LogP contribution in [-0.2, 0) is 30.3 Å². The largest absolute Gasteiger partial charge is 0.496 e. The summed E-state index contributed by atoms with van der Waals surface area (Å²) in [5.41, 5.74) is 3.93. The quantitative estimate of drug-likeness (QED) is 0.225. The normalized spacial score (nSPS) is 18.3. The Hall–Kier alpha value is -4.48. The third-order valence-corrected chi connectivity index (χ3v) is 8.73. The van der Waals surface area contributed by atoms with Crippen LogP contribution in [0.4, 0.5) is 5.69 Å². The SMILES string of the molecule is COc1cccc2c1CC(C(=O)N[C@@H](CC(C)C)C(=O)N[C@@H](CC[C@@H]1CCCNC1=O)C(=O)COC(=O)c1c(C)cc(C)nc1C)N2. The molecule has 2 aliphatic heterocycles. The molecule has 0 aliphatic carbocycles. The van der Waals surface area contributed by atoms with Gasteiger partial charge < -0.3 is 30.7 Å². The number of nitrogens with zero attached hydrogens (tertiary/aromatic N) is 1. The van der Waals surface area contributed by atoms with Gasteiger partial charge in [0.25, 0.3) is 0 Å². The zero-order valence-electron chi connectivity index (χ0n) is 28.2. The first-order chi connectivity index (χ1) is 22.4. The Balaban J connectivity index is 1.46. The number of ether oxygens (including phenoxy) is 2. The van der Waals surface area contributed by atoms with Crippen molar-refractivity contribution in [1.29, 1.82) is 0 Å². The van der Waals surface area contributed by atoms with E-state index in [2.05, 4.69) is 26.3 Å². The molecule has 1 saturated heterocycles. The van der Waals surface area contributed by atoms with E-state index in [1.54, 1.807) is 27.0 Å². The van der Waals surface area contributed by atoms with Gasteiger partial charge in [-0.1, -0.05) is 19.9 Å². The molecule has 1 unspecified atom stereocenters. The van der Waals surface area contributed by atoms with Gasteiger partial charge in [-0.05, 0) is 82.6 Å². The number of hydrogen-bond donors (Lipinski definition) is 4. The summed E-state index contributed by atoms with van der Waals surface area (Å²) in [6.07, 6.45) is 2.78. The van der Waals surface area contributed by atoms with E-state index in [1.807, 2.05) is 39.0 Å². The molecular formula is C35H47N5O7. The van der Waals surface area contributed by atoms with E-state index in [-0.39, 0.29) is 30.1 Å². The minimum absolute atomic E-state index is 0.0514. The molecule has 1 aromatic carbocycles. The number of nitrogens with one attached hydrogen (secondary N) is 4. The van der Waals surface area contributed by atoms with Gasteiger partial charge in [0.2, 0.25) is 17.7 Å². The van der Waals surface area contributed by atoms with Crippen LogP contribution < -0.4 is 26.0 Å². The molecule has 4 N–H and O–H groups in total. The zero-order valence-corrected chi connectivity index (χ0v) is 28.2. The maximum absolute atomic E-state index is 13.7. The van der Waals surface area contributed by atoms with Crippen molar-refractivity contribution in [3.63, 3.8) is 0 Å². The molecule has 0 bridgehead atoms. The van der Waals surface area contributed by atoms with E-state index in [0.29, 0.717) is 54.8 Å². The van der Waals surface area contributed by atoms with E-state index in [0.717, 1.165) is 23.4 Å². The number of benzene rings is 1. The maximum atomic E-state index is 13.7. The Kier molecular flexibility index (Phi) is 12.0. The zero-order chi connectivity index (χ0) is 34.2. The number of piperidine rings is 1. The van der Waals surface area contributed by atoms with E-state index in [4.69, 9.17) is 9.47 Å². The highest BCUT2D eigenvalue weighted by atomic mass is 16.5. The lowest BCUT2D eigenvalue weighted by molar-refractivity contribution is -0.133. The highest BCUT2D eigenvalue weighted by Gasteiger charge is 2.34. The fraction of sp³-hybridized carbons (Fsp3) is 0.543. The molecule has 254 valence electrons. The average molecular weight is 650 g/mol. The van der Waals surface area contributed by atoms with Gasteiger partial charge in [-0.2, -0.15) is 0 Å². The third kappa shape index (κ3) is 9.08. The molecule has 0 radical (unpaired) electrons. The first kappa shape index (κ1) is 35.4. The summed E-state index contributed by atoms with van der Waals surface area (Å²) in [5, 5.41) is 11.8. The van der Waals surface area contributed by atoms with Crippen LogP contribution in [0.2, 0.25) is 0 Å². The molecule has 1 aromatic heterocycles. The van der Waals surface area contributed by atoms with Gasteiger partial charge in [-0.25, -0.2) is 4.79 Å². The summed E-state index contributed by atoms with van der Waals surface area (Å²) < 4.78 is 10.9. The number of pyridine rings is 1. The smallest absolute Gasteiger partial charge is 0.340 e. The van der Waals surface area contributed by atoms with E-state index in [9.17, 15) is 24.0 Å². The molecule has 4 atom stereocenters. The maximum Gasteiger partial charge on any atom is 0.340 e. The second-order valence-electron chi connectivity index (χ2n) is 12.9. The third-order valence-electron chi connectivity index (χ3n) is 8.73. The van der Waals surface area contributed by atoms with Crippen molar-refractivity contribution < 1.29 is 33.4 Å². The van der Waals surface area contributed by atoms with Crippen LogP contribution in [0.1, 0.15) is 78.8 Å². The minimum Gasteiger partial charge on any atom is -0.496 e. The van der Waals surface area contributed by atoms with Crippen LogP contribution in [-0.4, -0.2) is 72.8 Å². The van der Waals surface area contributed by atoms with Crippen molar-refractivity contribution in [2.24, 2.45) is 11.8 Å². The fourth-order valence-electron chi connectivity index (χ4n) is 6.39. The molecule has 1 fully saturated rings. The lowest BCUT2D eigenvalue weighted by Gasteiger charge is -2.27. The Morgan fingerprint density at radius 3 is 2.53 bits per heavy atom. The Labute approximate surface area is 276 Å². The van der Waals surface area contributed by atoms with Gasteiger partial charge in [-0.15, -0.1) is 0 Å². The van der Waals surface area contributed by atoms with Gasteiger partial charge in [-0.3, -0.25) is 24.2 Å². The Bertz CT molecular complexity index is 1480. The van der Waals surface area contributed by atoms with E-state index in [1.165, 1.54) is 0 Å². The second kappa shape index (κ2) is 15.9. The average Bonchev–Trinajstić information content (AvgIpc) is 3.46. The van der Waals surface area contributed by atoms with Crippen LogP contribution in [0.25, 0.3) is 0 Å². The fourth-order valence-corrected chi connectivity index (χ4v) is 6.39.